The highest BCUT2D eigenvalue weighted by Crippen LogP contribution is 2.20. The predicted octanol–water partition coefficient (Wildman–Crippen LogP) is 0.462. The Hall–Kier alpha value is -1.36. The lowest BCUT2D eigenvalue weighted by atomic mass is 10.2. The molecule has 0 aromatic carbocycles. The second-order valence-corrected chi connectivity index (χ2v) is 4.07. The first-order valence-corrected chi connectivity index (χ1v) is 5.08. The molecular weight excluding hydrogens is 190 g/mol. The second-order valence-electron chi connectivity index (χ2n) is 2.42. The van der Waals surface area contributed by atoms with Crippen molar-refractivity contribution in [3.05, 3.63) is 35.3 Å². The van der Waals surface area contributed by atoms with E-state index < -0.39 is 15.9 Å². The molecule has 1 aliphatic heterocycles. The van der Waals surface area contributed by atoms with Gasteiger partial charge in [0.15, 0.2) is 0 Å². The van der Waals surface area contributed by atoms with Gasteiger partial charge < -0.3 is 0 Å². The lowest BCUT2D eigenvalue weighted by molar-refractivity contribution is -0.115. The Labute approximate surface area is 76.7 Å². The fourth-order valence-corrected chi connectivity index (χ4v) is 2.17. The number of amides is 1. The van der Waals surface area contributed by atoms with Crippen LogP contribution in [0.1, 0.15) is 6.92 Å². The summed E-state index contributed by atoms with van der Waals surface area (Å²) in [6, 6.07) is 0. The van der Waals surface area contributed by atoms with Crippen LogP contribution in [0.4, 0.5) is 0 Å². The Morgan fingerprint density at radius 1 is 1.46 bits per heavy atom. The third-order valence-corrected chi connectivity index (χ3v) is 2.97. The highest BCUT2D eigenvalue weighted by atomic mass is 32.2. The first-order valence-electron chi connectivity index (χ1n) is 3.59. The number of carbonyl (C=O) groups excluding carboxylic acids is 1. The number of nitrogens with one attached hydrogen (secondary N) is 1. The Morgan fingerprint density at radius 3 is 2.54 bits per heavy atom. The molecule has 4 nitrogen and oxygen atoms in total. The first-order chi connectivity index (χ1) is 6.03. The molecule has 0 aliphatic carbocycles. The van der Waals surface area contributed by atoms with Gasteiger partial charge in [-0.3, -0.25) is 4.79 Å². The molecule has 0 spiro atoms. The third kappa shape index (κ3) is 1.55. The van der Waals surface area contributed by atoms with Crippen molar-refractivity contribution >= 4 is 15.9 Å². The molecule has 0 aromatic heterocycles. The van der Waals surface area contributed by atoms with Crippen LogP contribution < -0.4 is 4.72 Å². The van der Waals surface area contributed by atoms with E-state index in [0.717, 1.165) is 6.08 Å². The van der Waals surface area contributed by atoms with Gasteiger partial charge in [0.05, 0.1) is 10.5 Å². The monoisotopic (exact) mass is 199 g/mol. The van der Waals surface area contributed by atoms with E-state index in [9.17, 15) is 13.2 Å². The third-order valence-electron chi connectivity index (χ3n) is 1.55. The summed E-state index contributed by atoms with van der Waals surface area (Å²) in [5.41, 5.74) is 0.137. The zero-order valence-electron chi connectivity index (χ0n) is 7.07. The molecule has 0 saturated heterocycles. The number of sulfonamides is 1. The van der Waals surface area contributed by atoms with Crippen LogP contribution >= 0.6 is 0 Å². The smallest absolute Gasteiger partial charge is 0.266 e. The summed E-state index contributed by atoms with van der Waals surface area (Å²) in [6.45, 7) is 5.04. The van der Waals surface area contributed by atoms with E-state index in [1.165, 1.54) is 6.08 Å². The van der Waals surface area contributed by atoms with E-state index in [1.807, 2.05) is 4.72 Å². The summed E-state index contributed by atoms with van der Waals surface area (Å²) in [5, 5.41) is 0. The van der Waals surface area contributed by atoms with E-state index >= 15 is 0 Å². The molecule has 0 bridgehead atoms. The van der Waals surface area contributed by atoms with Gasteiger partial charge in [-0.1, -0.05) is 18.7 Å². The van der Waals surface area contributed by atoms with Crippen LogP contribution in [0.5, 0.6) is 0 Å². The Morgan fingerprint density at radius 2 is 2.08 bits per heavy atom. The molecule has 5 heteroatoms. The number of hydrogen-bond donors (Lipinski definition) is 1. The average Bonchev–Trinajstić information content (AvgIpc) is 2.22. The Bertz CT molecular complexity index is 415. The van der Waals surface area contributed by atoms with Crippen LogP contribution in [0.2, 0.25) is 0 Å². The standard InChI is InChI=1S/C8H9NO3S/c1-3-5-6-7(4-2)13(11,12)9-8(6)10/h3-5H,2H2,1H3,(H,9,10)/b5-3+. The van der Waals surface area contributed by atoms with Crippen molar-refractivity contribution in [3.8, 4) is 0 Å². The van der Waals surface area contributed by atoms with Gasteiger partial charge in [-0.15, -0.1) is 0 Å². The molecule has 0 atom stereocenters. The lowest BCUT2D eigenvalue weighted by Crippen LogP contribution is -2.22. The molecule has 1 N–H and O–H groups in total. The fourth-order valence-electron chi connectivity index (χ4n) is 1.03. The number of carbonyl (C=O) groups is 1. The summed E-state index contributed by atoms with van der Waals surface area (Å²) < 4.78 is 24.3. The topological polar surface area (TPSA) is 63.2 Å². The number of rotatable bonds is 2. The van der Waals surface area contributed by atoms with Gasteiger partial charge in [0.2, 0.25) is 0 Å². The zero-order chi connectivity index (χ0) is 10.1. The summed E-state index contributed by atoms with van der Waals surface area (Å²) in [4.78, 5) is 11.0. The van der Waals surface area contributed by atoms with Crippen molar-refractivity contribution in [1.82, 2.24) is 4.72 Å². The SMILES string of the molecule is C=CC1=C(/C=C/C)C(=O)NS1(=O)=O. The van der Waals surface area contributed by atoms with Crippen molar-refractivity contribution in [1.29, 1.82) is 0 Å². The molecule has 1 rings (SSSR count). The summed E-state index contributed by atoms with van der Waals surface area (Å²) in [5.74, 6) is -0.604. The Kier molecular flexibility index (Phi) is 2.38. The van der Waals surface area contributed by atoms with Crippen LogP contribution in [-0.4, -0.2) is 14.3 Å². The van der Waals surface area contributed by atoms with E-state index in [-0.39, 0.29) is 10.5 Å². The van der Waals surface area contributed by atoms with Crippen molar-refractivity contribution in [3.63, 3.8) is 0 Å². The van der Waals surface area contributed by atoms with Crippen LogP contribution in [0.25, 0.3) is 0 Å². The molecule has 1 heterocycles. The fraction of sp³-hybridized carbons (Fsp3) is 0.125. The van der Waals surface area contributed by atoms with E-state index in [1.54, 1.807) is 13.0 Å². The molecule has 0 aromatic rings. The average molecular weight is 199 g/mol. The minimum Gasteiger partial charge on any atom is -0.268 e. The second kappa shape index (κ2) is 3.18. The maximum atomic E-state index is 11.2. The molecule has 0 radical (unpaired) electrons. The van der Waals surface area contributed by atoms with Gasteiger partial charge in [0.1, 0.15) is 0 Å². The summed E-state index contributed by atoms with van der Waals surface area (Å²) in [6.07, 6.45) is 4.19. The van der Waals surface area contributed by atoms with Gasteiger partial charge in [0, 0.05) is 0 Å². The normalized spacial score (nSPS) is 20.8. The highest BCUT2D eigenvalue weighted by Gasteiger charge is 2.31. The van der Waals surface area contributed by atoms with Gasteiger partial charge in [-0.25, -0.2) is 13.1 Å². The van der Waals surface area contributed by atoms with Crippen LogP contribution in [0.3, 0.4) is 0 Å². The summed E-state index contributed by atoms with van der Waals surface area (Å²) >= 11 is 0. The van der Waals surface area contributed by atoms with Crippen molar-refractivity contribution < 1.29 is 13.2 Å². The minimum atomic E-state index is -3.65. The first kappa shape index (κ1) is 9.73. The van der Waals surface area contributed by atoms with Gasteiger partial charge in [-0.05, 0) is 13.0 Å². The molecule has 70 valence electrons. The number of hydrogen-bond acceptors (Lipinski definition) is 3. The van der Waals surface area contributed by atoms with Gasteiger partial charge in [0.25, 0.3) is 15.9 Å². The zero-order valence-corrected chi connectivity index (χ0v) is 7.89. The Balaban J connectivity index is 3.41. The molecule has 0 fully saturated rings. The molecule has 0 unspecified atom stereocenters. The number of allylic oxidation sites excluding steroid dienone is 2. The largest absolute Gasteiger partial charge is 0.268 e. The maximum absolute atomic E-state index is 11.2. The van der Waals surface area contributed by atoms with Gasteiger partial charge >= 0.3 is 0 Å². The van der Waals surface area contributed by atoms with Crippen LogP contribution in [0, 0.1) is 0 Å². The minimum absolute atomic E-state index is 0.0596. The molecule has 1 aliphatic rings. The molecule has 13 heavy (non-hydrogen) atoms. The highest BCUT2D eigenvalue weighted by molar-refractivity contribution is 7.94. The van der Waals surface area contributed by atoms with Crippen molar-refractivity contribution in [2.75, 3.05) is 0 Å². The molecular formula is C8H9NO3S. The predicted molar refractivity (Wildman–Crippen MR) is 49.1 cm³/mol. The van der Waals surface area contributed by atoms with Crippen molar-refractivity contribution in [2.24, 2.45) is 0 Å². The summed E-state index contributed by atoms with van der Waals surface area (Å²) in [7, 11) is -3.65. The molecule has 0 saturated carbocycles. The maximum Gasteiger partial charge on any atom is 0.266 e. The van der Waals surface area contributed by atoms with Gasteiger partial charge in [-0.2, -0.15) is 0 Å². The van der Waals surface area contributed by atoms with Crippen LogP contribution in [-0.2, 0) is 14.8 Å². The van der Waals surface area contributed by atoms with E-state index in [2.05, 4.69) is 6.58 Å². The lowest BCUT2D eigenvalue weighted by Gasteiger charge is -1.92. The quantitative estimate of drug-likeness (QED) is 0.702. The molecule has 1 amide bonds. The van der Waals surface area contributed by atoms with E-state index in [4.69, 9.17) is 0 Å². The van der Waals surface area contributed by atoms with Crippen LogP contribution in [0.15, 0.2) is 35.3 Å². The van der Waals surface area contributed by atoms with E-state index in [0.29, 0.717) is 0 Å². The van der Waals surface area contributed by atoms with Crippen molar-refractivity contribution in [2.45, 2.75) is 6.92 Å².